The highest BCUT2D eigenvalue weighted by atomic mass is 16.5. The third-order valence-electron chi connectivity index (χ3n) is 4.39. The number of benzene rings is 1. The summed E-state index contributed by atoms with van der Waals surface area (Å²) in [5, 5.41) is 3.75. The molecule has 1 unspecified atom stereocenters. The molecule has 2 aliphatic rings. The number of anilines is 1. The summed E-state index contributed by atoms with van der Waals surface area (Å²) in [7, 11) is 0. The van der Waals surface area contributed by atoms with Crippen LogP contribution in [-0.2, 0) is 11.3 Å². The van der Waals surface area contributed by atoms with E-state index in [2.05, 4.69) is 55.3 Å². The molecular weight excluding hydrogens is 260 g/mol. The van der Waals surface area contributed by atoms with Gasteiger partial charge >= 0.3 is 0 Å². The summed E-state index contributed by atoms with van der Waals surface area (Å²) in [4.78, 5) is 2.52. The van der Waals surface area contributed by atoms with Gasteiger partial charge in [-0.15, -0.1) is 0 Å². The molecule has 3 heteroatoms. The predicted molar refractivity (Wildman–Crippen MR) is 87.7 cm³/mol. The maximum atomic E-state index is 5.94. The van der Waals surface area contributed by atoms with Crippen LogP contribution in [0.2, 0.25) is 0 Å². The fourth-order valence-corrected chi connectivity index (χ4v) is 3.10. The largest absolute Gasteiger partial charge is 0.374 e. The fraction of sp³-hybridized carbons (Fsp3) is 0.667. The normalized spacial score (nSPS) is 22.8. The van der Waals surface area contributed by atoms with Crippen LogP contribution in [0.5, 0.6) is 0 Å². The summed E-state index contributed by atoms with van der Waals surface area (Å²) in [5.41, 5.74) is 2.74. The number of ether oxygens (including phenoxy) is 1. The Morgan fingerprint density at radius 2 is 2.00 bits per heavy atom. The first-order chi connectivity index (χ1) is 10.0. The van der Waals surface area contributed by atoms with E-state index in [4.69, 9.17) is 4.74 Å². The van der Waals surface area contributed by atoms with Crippen molar-refractivity contribution < 1.29 is 4.74 Å². The number of rotatable bonds is 4. The van der Waals surface area contributed by atoms with Gasteiger partial charge in [-0.3, -0.25) is 0 Å². The molecule has 1 aromatic carbocycles. The number of nitrogens with zero attached hydrogens (tertiary/aromatic N) is 1. The molecule has 0 amide bonds. The lowest BCUT2D eigenvalue weighted by molar-refractivity contribution is 0.00127. The van der Waals surface area contributed by atoms with Crippen molar-refractivity contribution in [3.8, 4) is 0 Å². The van der Waals surface area contributed by atoms with Crippen molar-refractivity contribution in [1.82, 2.24) is 5.32 Å². The molecule has 3 rings (SSSR count). The maximum Gasteiger partial charge on any atom is 0.0648 e. The zero-order valence-electron chi connectivity index (χ0n) is 13.6. The summed E-state index contributed by atoms with van der Waals surface area (Å²) < 4.78 is 5.94. The van der Waals surface area contributed by atoms with Gasteiger partial charge in [-0.2, -0.15) is 0 Å². The Bertz CT molecular complexity index is 476. The van der Waals surface area contributed by atoms with Crippen LogP contribution in [0, 0.1) is 5.92 Å². The van der Waals surface area contributed by atoms with Crippen LogP contribution in [0.25, 0.3) is 0 Å². The molecule has 1 aliphatic heterocycles. The molecule has 21 heavy (non-hydrogen) atoms. The van der Waals surface area contributed by atoms with E-state index in [1.807, 2.05) is 0 Å². The van der Waals surface area contributed by atoms with Crippen LogP contribution < -0.4 is 10.2 Å². The molecule has 1 heterocycles. The molecule has 1 aliphatic carbocycles. The van der Waals surface area contributed by atoms with Gasteiger partial charge in [0.05, 0.1) is 12.2 Å². The standard InChI is InChI=1S/C18H28N2O/c1-18(2,3)21-11-10-20-13-16(14-8-9-14)19-12-15-6-4-5-7-17(15)20/h4-7,14,16,19H,8-13H2,1-3H3. The molecule has 1 fully saturated rings. The lowest BCUT2D eigenvalue weighted by atomic mass is 10.1. The Kier molecular flexibility index (Phi) is 4.23. The molecule has 3 nitrogen and oxygen atoms in total. The topological polar surface area (TPSA) is 24.5 Å². The van der Waals surface area contributed by atoms with Gasteiger partial charge in [-0.1, -0.05) is 18.2 Å². The number of hydrogen-bond donors (Lipinski definition) is 1. The molecule has 0 aromatic heterocycles. The Hall–Kier alpha value is -1.06. The quantitative estimate of drug-likeness (QED) is 0.921. The third-order valence-corrected chi connectivity index (χ3v) is 4.39. The van der Waals surface area contributed by atoms with Crippen LogP contribution in [0.15, 0.2) is 24.3 Å². The number of fused-ring (bicyclic) bond motifs is 1. The molecule has 1 N–H and O–H groups in total. The van der Waals surface area contributed by atoms with Crippen LogP contribution in [0.4, 0.5) is 5.69 Å². The Morgan fingerprint density at radius 1 is 1.24 bits per heavy atom. The minimum Gasteiger partial charge on any atom is -0.374 e. The second kappa shape index (κ2) is 5.98. The Morgan fingerprint density at radius 3 is 2.71 bits per heavy atom. The van der Waals surface area contributed by atoms with Crippen molar-refractivity contribution in [2.45, 2.75) is 51.8 Å². The highest BCUT2D eigenvalue weighted by Crippen LogP contribution is 2.35. The third kappa shape index (κ3) is 3.98. The molecule has 0 bridgehead atoms. The van der Waals surface area contributed by atoms with Gasteiger partial charge in [0.1, 0.15) is 0 Å². The van der Waals surface area contributed by atoms with Gasteiger partial charge in [0.15, 0.2) is 0 Å². The monoisotopic (exact) mass is 288 g/mol. The van der Waals surface area contributed by atoms with E-state index in [1.165, 1.54) is 24.1 Å². The Balaban J connectivity index is 1.70. The average molecular weight is 288 g/mol. The molecule has 116 valence electrons. The van der Waals surface area contributed by atoms with Crippen molar-refractivity contribution >= 4 is 5.69 Å². The zero-order valence-corrected chi connectivity index (χ0v) is 13.6. The van der Waals surface area contributed by atoms with Gasteiger partial charge in [-0.25, -0.2) is 0 Å². The number of nitrogens with one attached hydrogen (secondary N) is 1. The SMILES string of the molecule is CC(C)(C)OCCN1CC(C2CC2)NCc2ccccc21. The smallest absolute Gasteiger partial charge is 0.0648 e. The van der Waals surface area contributed by atoms with Gasteiger partial charge < -0.3 is 15.0 Å². The summed E-state index contributed by atoms with van der Waals surface area (Å²) >= 11 is 0. The van der Waals surface area contributed by atoms with E-state index in [9.17, 15) is 0 Å². The van der Waals surface area contributed by atoms with Crippen molar-refractivity contribution in [3.05, 3.63) is 29.8 Å². The van der Waals surface area contributed by atoms with E-state index in [0.29, 0.717) is 6.04 Å². The number of hydrogen-bond acceptors (Lipinski definition) is 3. The lowest BCUT2D eigenvalue weighted by Gasteiger charge is -2.29. The lowest BCUT2D eigenvalue weighted by Crippen LogP contribution is -2.41. The van der Waals surface area contributed by atoms with E-state index in [0.717, 1.165) is 32.2 Å². The molecule has 0 spiro atoms. The number of para-hydroxylation sites is 1. The maximum absolute atomic E-state index is 5.94. The Labute approximate surface area is 128 Å². The van der Waals surface area contributed by atoms with E-state index in [-0.39, 0.29) is 5.60 Å². The zero-order chi connectivity index (χ0) is 14.9. The predicted octanol–water partition coefficient (Wildman–Crippen LogP) is 3.19. The van der Waals surface area contributed by atoms with Crippen LogP contribution in [-0.4, -0.2) is 31.3 Å². The molecule has 0 saturated heterocycles. The van der Waals surface area contributed by atoms with Gasteiger partial charge in [0.2, 0.25) is 0 Å². The van der Waals surface area contributed by atoms with E-state index in [1.54, 1.807) is 0 Å². The highest BCUT2D eigenvalue weighted by Gasteiger charge is 2.34. The molecular formula is C18H28N2O. The summed E-state index contributed by atoms with van der Waals surface area (Å²) in [6, 6.07) is 9.42. The first-order valence-corrected chi connectivity index (χ1v) is 8.23. The molecule has 1 saturated carbocycles. The second-order valence-corrected chi connectivity index (χ2v) is 7.36. The highest BCUT2D eigenvalue weighted by molar-refractivity contribution is 5.54. The van der Waals surface area contributed by atoms with E-state index >= 15 is 0 Å². The molecule has 1 atom stereocenters. The van der Waals surface area contributed by atoms with E-state index < -0.39 is 0 Å². The molecule has 0 radical (unpaired) electrons. The van der Waals surface area contributed by atoms with Gasteiger partial charge in [0.25, 0.3) is 0 Å². The van der Waals surface area contributed by atoms with Crippen LogP contribution in [0.1, 0.15) is 39.2 Å². The summed E-state index contributed by atoms with van der Waals surface area (Å²) in [6.45, 7) is 10.2. The first kappa shape index (κ1) is 14.9. The van der Waals surface area contributed by atoms with Crippen molar-refractivity contribution in [2.75, 3.05) is 24.6 Å². The summed E-state index contributed by atoms with van der Waals surface area (Å²) in [5.74, 6) is 0.880. The second-order valence-electron chi connectivity index (χ2n) is 7.36. The van der Waals surface area contributed by atoms with Gasteiger partial charge in [0, 0.05) is 31.4 Å². The minimum absolute atomic E-state index is 0.0560. The van der Waals surface area contributed by atoms with Gasteiger partial charge in [-0.05, 0) is 51.2 Å². The van der Waals surface area contributed by atoms with Crippen LogP contribution >= 0.6 is 0 Å². The van der Waals surface area contributed by atoms with Crippen molar-refractivity contribution in [2.24, 2.45) is 5.92 Å². The summed E-state index contributed by atoms with van der Waals surface area (Å²) in [6.07, 6.45) is 2.78. The van der Waals surface area contributed by atoms with Crippen molar-refractivity contribution in [1.29, 1.82) is 0 Å². The van der Waals surface area contributed by atoms with Crippen LogP contribution in [0.3, 0.4) is 0 Å². The fourth-order valence-electron chi connectivity index (χ4n) is 3.10. The first-order valence-electron chi connectivity index (χ1n) is 8.23. The minimum atomic E-state index is -0.0560. The average Bonchev–Trinajstić information content (AvgIpc) is 3.24. The van der Waals surface area contributed by atoms with Crippen molar-refractivity contribution in [3.63, 3.8) is 0 Å². The molecule has 1 aromatic rings.